The number of carbonyl (C=O) groups excluding carboxylic acids is 1. The molecule has 0 unspecified atom stereocenters. The summed E-state index contributed by atoms with van der Waals surface area (Å²) >= 11 is 0. The third-order valence-electron chi connectivity index (χ3n) is 2.03. The summed E-state index contributed by atoms with van der Waals surface area (Å²) < 4.78 is 41.4. The Morgan fingerprint density at radius 2 is 2.16 bits per heavy atom. The van der Waals surface area contributed by atoms with Gasteiger partial charge in [-0.3, -0.25) is 0 Å². The number of ether oxygens (including phenoxy) is 1. The Kier molecular flexibility index (Phi) is 5.94. The number of urea groups is 1. The van der Waals surface area contributed by atoms with Gasteiger partial charge in [0.15, 0.2) is 0 Å². The van der Waals surface area contributed by atoms with Crippen LogP contribution in [0.5, 0.6) is 5.75 Å². The molecule has 0 heterocycles. The van der Waals surface area contributed by atoms with Crippen LogP contribution in [0.3, 0.4) is 0 Å². The van der Waals surface area contributed by atoms with Gasteiger partial charge in [-0.15, -0.1) is 0 Å². The first-order chi connectivity index (χ1) is 9.02. The summed E-state index contributed by atoms with van der Waals surface area (Å²) in [6.45, 7) is -2.98. The van der Waals surface area contributed by atoms with Crippen molar-refractivity contribution < 1.29 is 27.8 Å². The van der Waals surface area contributed by atoms with E-state index in [1.165, 1.54) is 0 Å². The lowest BCUT2D eigenvalue weighted by Crippen LogP contribution is -2.30. The van der Waals surface area contributed by atoms with E-state index in [1.54, 1.807) is 0 Å². The van der Waals surface area contributed by atoms with E-state index >= 15 is 0 Å². The minimum atomic E-state index is -3.08. The van der Waals surface area contributed by atoms with Crippen molar-refractivity contribution in [2.45, 2.75) is 13.0 Å². The van der Waals surface area contributed by atoms with Gasteiger partial charge in [0.1, 0.15) is 11.6 Å². The molecule has 0 radical (unpaired) electrons. The molecule has 0 aromatic heterocycles. The lowest BCUT2D eigenvalue weighted by molar-refractivity contribution is -0.0494. The standard InChI is InChI=1S/C11H13F3N2O3/c12-7-2-3-9(19-10(13)14)8(6-7)16-11(18)15-4-1-5-17/h2-3,6,10,17H,1,4-5H2,(H2,15,16,18). The highest BCUT2D eigenvalue weighted by molar-refractivity contribution is 5.90. The van der Waals surface area contributed by atoms with Gasteiger partial charge in [-0.1, -0.05) is 0 Å². The van der Waals surface area contributed by atoms with Gasteiger partial charge in [-0.05, 0) is 18.6 Å². The number of amides is 2. The fraction of sp³-hybridized carbons (Fsp3) is 0.364. The number of halogens is 3. The van der Waals surface area contributed by atoms with Crippen molar-refractivity contribution in [3.63, 3.8) is 0 Å². The predicted octanol–water partition coefficient (Wildman–Crippen LogP) is 1.93. The van der Waals surface area contributed by atoms with Crippen LogP contribution in [0.25, 0.3) is 0 Å². The molecule has 0 aliphatic heterocycles. The second kappa shape index (κ2) is 7.47. The molecule has 1 aromatic rings. The number of hydrogen-bond acceptors (Lipinski definition) is 3. The third kappa shape index (κ3) is 5.47. The minimum Gasteiger partial charge on any atom is -0.433 e. The van der Waals surface area contributed by atoms with Crippen molar-refractivity contribution >= 4 is 11.7 Å². The maximum atomic E-state index is 13.0. The Balaban J connectivity index is 2.69. The normalized spacial score (nSPS) is 10.4. The number of aliphatic hydroxyl groups excluding tert-OH is 1. The molecule has 0 fully saturated rings. The molecule has 0 saturated carbocycles. The Morgan fingerprint density at radius 3 is 2.79 bits per heavy atom. The van der Waals surface area contributed by atoms with Gasteiger partial charge in [-0.25, -0.2) is 9.18 Å². The maximum absolute atomic E-state index is 13.0. The van der Waals surface area contributed by atoms with Crippen LogP contribution in [-0.2, 0) is 0 Å². The minimum absolute atomic E-state index is 0.0972. The van der Waals surface area contributed by atoms with E-state index in [-0.39, 0.29) is 24.6 Å². The van der Waals surface area contributed by atoms with Gasteiger partial charge in [0, 0.05) is 19.2 Å². The predicted molar refractivity (Wildman–Crippen MR) is 61.8 cm³/mol. The van der Waals surface area contributed by atoms with Crippen molar-refractivity contribution in [2.75, 3.05) is 18.5 Å². The lowest BCUT2D eigenvalue weighted by Gasteiger charge is -2.12. The number of hydrogen-bond donors (Lipinski definition) is 3. The summed E-state index contributed by atoms with van der Waals surface area (Å²) in [5.41, 5.74) is -0.207. The molecule has 0 aliphatic carbocycles. The fourth-order valence-corrected chi connectivity index (χ4v) is 1.25. The highest BCUT2D eigenvalue weighted by Crippen LogP contribution is 2.26. The van der Waals surface area contributed by atoms with E-state index < -0.39 is 18.5 Å². The summed E-state index contributed by atoms with van der Waals surface area (Å²) in [5.74, 6) is -1.04. The third-order valence-corrected chi connectivity index (χ3v) is 2.03. The lowest BCUT2D eigenvalue weighted by atomic mass is 10.3. The average Bonchev–Trinajstić information content (AvgIpc) is 2.32. The van der Waals surface area contributed by atoms with Crippen molar-refractivity contribution in [1.29, 1.82) is 0 Å². The summed E-state index contributed by atoms with van der Waals surface area (Å²) in [5, 5.41) is 13.1. The van der Waals surface area contributed by atoms with Crippen LogP contribution in [0.4, 0.5) is 23.7 Å². The van der Waals surface area contributed by atoms with Crippen LogP contribution in [0.15, 0.2) is 18.2 Å². The number of benzene rings is 1. The summed E-state index contributed by atoms with van der Waals surface area (Å²) in [7, 11) is 0. The van der Waals surface area contributed by atoms with Crippen LogP contribution in [-0.4, -0.2) is 30.9 Å². The molecule has 1 aromatic carbocycles. The van der Waals surface area contributed by atoms with E-state index in [2.05, 4.69) is 15.4 Å². The van der Waals surface area contributed by atoms with Crippen molar-refractivity contribution in [2.24, 2.45) is 0 Å². The molecule has 0 aliphatic rings. The van der Waals surface area contributed by atoms with Crippen molar-refractivity contribution in [1.82, 2.24) is 5.32 Å². The highest BCUT2D eigenvalue weighted by atomic mass is 19.3. The van der Waals surface area contributed by atoms with E-state index in [1.807, 2.05) is 0 Å². The van der Waals surface area contributed by atoms with Crippen LogP contribution in [0.2, 0.25) is 0 Å². The Bertz CT molecular complexity index is 430. The number of nitrogens with one attached hydrogen (secondary N) is 2. The first-order valence-electron chi connectivity index (χ1n) is 5.43. The van der Waals surface area contributed by atoms with E-state index in [4.69, 9.17) is 5.11 Å². The molecule has 19 heavy (non-hydrogen) atoms. The van der Waals surface area contributed by atoms with E-state index in [9.17, 15) is 18.0 Å². The monoisotopic (exact) mass is 278 g/mol. The zero-order valence-corrected chi connectivity index (χ0v) is 9.83. The average molecular weight is 278 g/mol. The van der Waals surface area contributed by atoms with Gasteiger partial charge >= 0.3 is 12.6 Å². The second-order valence-electron chi connectivity index (χ2n) is 3.48. The van der Waals surface area contributed by atoms with Crippen molar-refractivity contribution in [3.8, 4) is 5.75 Å². The molecule has 1 rings (SSSR count). The Morgan fingerprint density at radius 1 is 1.42 bits per heavy atom. The number of alkyl halides is 2. The Labute approximate surface area is 107 Å². The number of anilines is 1. The first-order valence-corrected chi connectivity index (χ1v) is 5.43. The quantitative estimate of drug-likeness (QED) is 0.696. The number of aliphatic hydroxyl groups is 1. The van der Waals surface area contributed by atoms with Crippen LogP contribution in [0, 0.1) is 5.82 Å². The molecule has 8 heteroatoms. The van der Waals surface area contributed by atoms with Gasteiger partial charge in [0.2, 0.25) is 0 Å². The number of carbonyl (C=O) groups is 1. The molecule has 2 amide bonds. The highest BCUT2D eigenvalue weighted by Gasteiger charge is 2.12. The molecule has 0 saturated heterocycles. The summed E-state index contributed by atoms with van der Waals surface area (Å²) in [4.78, 5) is 11.4. The van der Waals surface area contributed by atoms with Crippen LogP contribution in [0.1, 0.15) is 6.42 Å². The molecule has 5 nitrogen and oxygen atoms in total. The van der Waals surface area contributed by atoms with Crippen LogP contribution < -0.4 is 15.4 Å². The second-order valence-corrected chi connectivity index (χ2v) is 3.48. The molecule has 0 spiro atoms. The summed E-state index contributed by atoms with van der Waals surface area (Å²) in [6.07, 6.45) is 0.344. The molecular formula is C11H13F3N2O3. The molecule has 0 bridgehead atoms. The smallest absolute Gasteiger partial charge is 0.387 e. The fourth-order valence-electron chi connectivity index (χ4n) is 1.25. The molecule has 3 N–H and O–H groups in total. The van der Waals surface area contributed by atoms with Gasteiger partial charge in [0.25, 0.3) is 0 Å². The largest absolute Gasteiger partial charge is 0.433 e. The van der Waals surface area contributed by atoms with E-state index in [0.29, 0.717) is 6.42 Å². The van der Waals surface area contributed by atoms with Gasteiger partial charge < -0.3 is 20.5 Å². The summed E-state index contributed by atoms with van der Waals surface area (Å²) in [6, 6.07) is 2.08. The molecule has 106 valence electrons. The zero-order valence-electron chi connectivity index (χ0n) is 9.83. The maximum Gasteiger partial charge on any atom is 0.387 e. The zero-order chi connectivity index (χ0) is 14.3. The molecule has 0 atom stereocenters. The molecular weight excluding hydrogens is 265 g/mol. The van der Waals surface area contributed by atoms with Gasteiger partial charge in [0.05, 0.1) is 5.69 Å². The van der Waals surface area contributed by atoms with Crippen molar-refractivity contribution in [3.05, 3.63) is 24.0 Å². The SMILES string of the molecule is O=C(NCCCO)Nc1cc(F)ccc1OC(F)F. The van der Waals surface area contributed by atoms with E-state index in [0.717, 1.165) is 18.2 Å². The van der Waals surface area contributed by atoms with Gasteiger partial charge in [-0.2, -0.15) is 8.78 Å². The van der Waals surface area contributed by atoms with Crippen LogP contribution >= 0.6 is 0 Å². The first kappa shape index (κ1) is 15.1. The Hall–Kier alpha value is -1.96. The topological polar surface area (TPSA) is 70.6 Å². The number of rotatable bonds is 6.